The highest BCUT2D eigenvalue weighted by atomic mass is 16.3. The van der Waals surface area contributed by atoms with Crippen LogP contribution in [0.4, 0.5) is 34.1 Å². The second-order valence-electron chi connectivity index (χ2n) is 17.3. The largest absolute Gasteiger partial charge is 0.454 e. The molecule has 0 saturated heterocycles. The molecule has 0 unspecified atom stereocenters. The zero-order valence-corrected chi connectivity index (χ0v) is 34.8. The van der Waals surface area contributed by atoms with Gasteiger partial charge in [0.05, 0.1) is 11.4 Å². The molecule has 13 rings (SSSR count). The van der Waals surface area contributed by atoms with Crippen LogP contribution in [0.5, 0.6) is 0 Å². The summed E-state index contributed by atoms with van der Waals surface area (Å²) in [7, 11) is 0. The van der Waals surface area contributed by atoms with Gasteiger partial charge in [0.2, 0.25) is 0 Å². The van der Waals surface area contributed by atoms with E-state index in [2.05, 4.69) is 206 Å². The Labute approximate surface area is 364 Å². The van der Waals surface area contributed by atoms with Gasteiger partial charge < -0.3 is 18.6 Å². The van der Waals surface area contributed by atoms with E-state index in [1.54, 1.807) is 0 Å². The first-order valence-corrected chi connectivity index (χ1v) is 21.7. The summed E-state index contributed by atoms with van der Waals surface area (Å²) in [5, 5.41) is 9.29. The highest BCUT2D eigenvalue weighted by molar-refractivity contribution is 6.12. The van der Waals surface area contributed by atoms with E-state index in [1.807, 2.05) is 24.3 Å². The number of benzene rings is 10. The van der Waals surface area contributed by atoms with Gasteiger partial charge in [-0.1, -0.05) is 123 Å². The molecule has 0 amide bonds. The molecular formula is C59H40N2O2. The Morgan fingerprint density at radius 2 is 0.746 bits per heavy atom. The lowest BCUT2D eigenvalue weighted by Crippen LogP contribution is -2.15. The van der Waals surface area contributed by atoms with E-state index in [1.165, 1.54) is 43.8 Å². The molecule has 4 heteroatoms. The molecule has 63 heavy (non-hydrogen) atoms. The van der Waals surface area contributed by atoms with Crippen LogP contribution in [0, 0.1) is 0 Å². The Kier molecular flexibility index (Phi) is 7.62. The Bertz CT molecular complexity index is 3540. The second-order valence-corrected chi connectivity index (χ2v) is 17.3. The van der Waals surface area contributed by atoms with Gasteiger partial charge in [-0.05, 0) is 141 Å². The van der Waals surface area contributed by atoms with Gasteiger partial charge in [-0.15, -0.1) is 0 Å². The van der Waals surface area contributed by atoms with Gasteiger partial charge >= 0.3 is 0 Å². The molecule has 0 atom stereocenters. The molecule has 0 saturated carbocycles. The van der Waals surface area contributed by atoms with E-state index in [-0.39, 0.29) is 5.41 Å². The lowest BCUT2D eigenvalue weighted by atomic mass is 9.81. The number of hydrogen-bond acceptors (Lipinski definition) is 4. The van der Waals surface area contributed by atoms with Gasteiger partial charge in [-0.25, -0.2) is 0 Å². The van der Waals surface area contributed by atoms with Crippen LogP contribution in [0.3, 0.4) is 0 Å². The quantitative estimate of drug-likeness (QED) is 0.168. The summed E-state index contributed by atoms with van der Waals surface area (Å²) >= 11 is 0. The summed E-state index contributed by atoms with van der Waals surface area (Å²) in [5.41, 5.74) is 14.9. The summed E-state index contributed by atoms with van der Waals surface area (Å²) in [6.45, 7) is 4.75. The third kappa shape index (κ3) is 5.41. The summed E-state index contributed by atoms with van der Waals surface area (Å²) < 4.78 is 13.2. The molecule has 0 spiro atoms. The summed E-state index contributed by atoms with van der Waals surface area (Å²) in [6.07, 6.45) is 0. The average Bonchev–Trinajstić information content (AvgIpc) is 3.97. The molecule has 2 heterocycles. The van der Waals surface area contributed by atoms with Crippen molar-refractivity contribution in [3.63, 3.8) is 0 Å². The van der Waals surface area contributed by atoms with Gasteiger partial charge in [-0.3, -0.25) is 0 Å². The van der Waals surface area contributed by atoms with Crippen LogP contribution in [0.15, 0.2) is 215 Å². The third-order valence-electron chi connectivity index (χ3n) is 13.4. The minimum atomic E-state index is -0.225. The lowest BCUT2D eigenvalue weighted by molar-refractivity contribution is 0.662. The van der Waals surface area contributed by atoms with Gasteiger partial charge in [0.25, 0.3) is 0 Å². The number of nitrogens with zero attached hydrogens (tertiary/aromatic N) is 2. The topological polar surface area (TPSA) is 32.8 Å². The van der Waals surface area contributed by atoms with Crippen molar-refractivity contribution in [2.75, 3.05) is 9.80 Å². The molecule has 10 aromatic carbocycles. The van der Waals surface area contributed by atoms with Gasteiger partial charge in [-0.2, -0.15) is 0 Å². The van der Waals surface area contributed by atoms with E-state index >= 15 is 0 Å². The van der Waals surface area contributed by atoms with Crippen LogP contribution in [-0.4, -0.2) is 0 Å². The zero-order valence-electron chi connectivity index (χ0n) is 34.8. The number of anilines is 6. The zero-order chi connectivity index (χ0) is 41.8. The van der Waals surface area contributed by atoms with Crippen molar-refractivity contribution >= 4 is 99.5 Å². The highest BCUT2D eigenvalue weighted by Crippen LogP contribution is 2.52. The normalized spacial score (nSPS) is 13.0. The van der Waals surface area contributed by atoms with Crippen molar-refractivity contribution in [3.8, 4) is 11.1 Å². The van der Waals surface area contributed by atoms with Crippen LogP contribution < -0.4 is 9.80 Å². The lowest BCUT2D eigenvalue weighted by Gasteiger charge is -2.26. The van der Waals surface area contributed by atoms with E-state index in [0.29, 0.717) is 0 Å². The molecular weight excluding hydrogens is 769 g/mol. The van der Waals surface area contributed by atoms with Crippen molar-refractivity contribution in [1.29, 1.82) is 0 Å². The van der Waals surface area contributed by atoms with Crippen molar-refractivity contribution in [3.05, 3.63) is 217 Å². The van der Waals surface area contributed by atoms with Crippen LogP contribution in [-0.2, 0) is 5.41 Å². The summed E-state index contributed by atoms with van der Waals surface area (Å²) in [4.78, 5) is 4.66. The molecule has 0 radical (unpaired) electrons. The maximum absolute atomic E-state index is 6.60. The van der Waals surface area contributed by atoms with E-state index < -0.39 is 0 Å². The van der Waals surface area contributed by atoms with Crippen molar-refractivity contribution in [2.45, 2.75) is 19.3 Å². The maximum atomic E-state index is 6.60. The van der Waals surface area contributed by atoms with Gasteiger partial charge in [0, 0.05) is 49.7 Å². The molecule has 0 aliphatic heterocycles. The maximum Gasteiger partial charge on any atom is 0.159 e. The first-order valence-electron chi connectivity index (χ1n) is 21.7. The molecule has 1 aliphatic carbocycles. The van der Waals surface area contributed by atoms with E-state index in [0.717, 1.165) is 78.0 Å². The molecule has 1 aliphatic rings. The third-order valence-corrected chi connectivity index (χ3v) is 13.4. The first-order chi connectivity index (χ1) is 31.0. The predicted molar refractivity (Wildman–Crippen MR) is 263 cm³/mol. The average molecular weight is 809 g/mol. The Morgan fingerprint density at radius 1 is 0.333 bits per heavy atom. The first kappa shape index (κ1) is 35.7. The van der Waals surface area contributed by atoms with Gasteiger partial charge in [0.1, 0.15) is 11.2 Å². The molecule has 12 aromatic rings. The van der Waals surface area contributed by atoms with E-state index in [9.17, 15) is 0 Å². The summed E-state index contributed by atoms with van der Waals surface area (Å²) in [6, 6.07) is 74.1. The fourth-order valence-electron chi connectivity index (χ4n) is 10.3. The Hall–Kier alpha value is -8.08. The number of furan rings is 2. The SMILES string of the molecule is CC1(C)c2cc3cc(N(c4ccccc4)c4cccc5c4oc4ccccc45)ccc3cc2-c2cc3ccc(N(c4ccccc4)c4cccc5c4oc4ccccc45)cc3cc21. The fourth-order valence-corrected chi connectivity index (χ4v) is 10.3. The molecule has 4 nitrogen and oxygen atoms in total. The standard InChI is InChI=1S/C59H40N2O2/c1-59(2)51-35-39-31-43(60(41-15-5-3-6-16-41)53-23-13-21-47-45-19-9-11-25-55(45)62-57(47)53)29-27-37(39)33-49(51)50-34-38-28-30-44(32-40(38)36-52(50)59)61(42-17-7-4-8-18-42)54-24-14-22-48-46-20-10-12-26-56(46)63-58(48)54/h3-36H,1-2H3. The molecule has 0 bridgehead atoms. The second kappa shape index (κ2) is 13.5. The smallest absolute Gasteiger partial charge is 0.159 e. The number of rotatable bonds is 6. The van der Waals surface area contributed by atoms with Crippen molar-refractivity contribution in [1.82, 2.24) is 0 Å². The van der Waals surface area contributed by atoms with Crippen LogP contribution in [0.1, 0.15) is 25.0 Å². The molecule has 0 fully saturated rings. The Morgan fingerprint density at radius 3 is 1.21 bits per heavy atom. The van der Waals surface area contributed by atoms with Crippen LogP contribution >= 0.6 is 0 Å². The predicted octanol–water partition coefficient (Wildman–Crippen LogP) is 17.0. The van der Waals surface area contributed by atoms with Crippen LogP contribution in [0.25, 0.3) is 76.5 Å². The minimum Gasteiger partial charge on any atom is -0.454 e. The fraction of sp³-hybridized carbons (Fsp3) is 0.0508. The monoisotopic (exact) mass is 808 g/mol. The number of fused-ring (bicyclic) bond motifs is 11. The molecule has 2 aromatic heterocycles. The number of hydrogen-bond donors (Lipinski definition) is 0. The Balaban J connectivity index is 0.932. The minimum absolute atomic E-state index is 0.225. The van der Waals surface area contributed by atoms with Gasteiger partial charge in [0.15, 0.2) is 11.2 Å². The van der Waals surface area contributed by atoms with Crippen molar-refractivity contribution in [2.24, 2.45) is 0 Å². The van der Waals surface area contributed by atoms with E-state index in [4.69, 9.17) is 8.83 Å². The number of para-hydroxylation sites is 6. The van der Waals surface area contributed by atoms with Crippen LogP contribution in [0.2, 0.25) is 0 Å². The molecule has 0 N–H and O–H groups in total. The molecule has 298 valence electrons. The highest BCUT2D eigenvalue weighted by Gasteiger charge is 2.36. The van der Waals surface area contributed by atoms with Crippen molar-refractivity contribution < 1.29 is 8.83 Å². The summed E-state index contributed by atoms with van der Waals surface area (Å²) in [5.74, 6) is 0.